The van der Waals surface area contributed by atoms with E-state index in [0.717, 1.165) is 24.0 Å². The quantitative estimate of drug-likeness (QED) is 0.595. The molecule has 1 aromatic heterocycles. The Morgan fingerprint density at radius 2 is 1.82 bits per heavy atom. The molecule has 0 unspecified atom stereocenters. The zero-order chi connectivity index (χ0) is 15.5. The smallest absolute Gasteiger partial charge is 0.0485 e. The maximum Gasteiger partial charge on any atom is 0.0485 e. The number of nitrogens with zero attached hydrogens (tertiary/aromatic N) is 1. The maximum atomic E-state index is 3.57. The van der Waals surface area contributed by atoms with Gasteiger partial charge in [-0.3, -0.25) is 0 Å². The fraction of sp³-hybridized carbons (Fsp3) is 0.263. The Morgan fingerprint density at radius 3 is 2.59 bits per heavy atom. The molecule has 2 nitrogen and oxygen atoms in total. The monoisotopic (exact) mass is 356 g/mol. The van der Waals surface area contributed by atoms with Gasteiger partial charge in [-0.2, -0.15) is 0 Å². The van der Waals surface area contributed by atoms with Crippen LogP contribution in [0.3, 0.4) is 0 Å². The van der Waals surface area contributed by atoms with Crippen LogP contribution in [0.1, 0.15) is 17.7 Å². The number of aromatic nitrogens is 1. The van der Waals surface area contributed by atoms with Crippen molar-refractivity contribution in [1.82, 2.24) is 4.57 Å². The van der Waals surface area contributed by atoms with Gasteiger partial charge in [0.2, 0.25) is 0 Å². The second-order valence-corrected chi connectivity index (χ2v) is 6.59. The van der Waals surface area contributed by atoms with Crippen LogP contribution >= 0.6 is 15.9 Å². The van der Waals surface area contributed by atoms with Crippen LogP contribution in [0.15, 0.2) is 53.0 Å². The summed E-state index contributed by atoms with van der Waals surface area (Å²) in [4.78, 5) is 0. The molecule has 0 saturated carbocycles. The lowest BCUT2D eigenvalue weighted by Crippen LogP contribution is -2.07. The third-order valence-electron chi connectivity index (χ3n) is 4.26. The van der Waals surface area contributed by atoms with Crippen molar-refractivity contribution in [3.63, 3.8) is 0 Å². The van der Waals surface area contributed by atoms with Crippen molar-refractivity contribution in [1.29, 1.82) is 0 Å². The standard InChI is InChI=1S/C19H21BrN2/c1-14-15(2)22(19-10-9-16(20)13-18(14)19)12-6-11-21-17-7-4-3-5-8-17/h3-5,7-10,13,21H,6,11-12H2,1-2H3. The first kappa shape index (κ1) is 15.2. The molecular formula is C19H21BrN2. The number of fused-ring (bicyclic) bond motifs is 1. The van der Waals surface area contributed by atoms with Gasteiger partial charge < -0.3 is 9.88 Å². The molecule has 0 bridgehead atoms. The highest BCUT2D eigenvalue weighted by Gasteiger charge is 2.10. The summed E-state index contributed by atoms with van der Waals surface area (Å²) in [5.74, 6) is 0. The number of para-hydroxylation sites is 1. The Morgan fingerprint density at radius 1 is 1.05 bits per heavy atom. The van der Waals surface area contributed by atoms with Crippen LogP contribution < -0.4 is 5.32 Å². The molecule has 0 aliphatic rings. The molecule has 114 valence electrons. The summed E-state index contributed by atoms with van der Waals surface area (Å²) in [5.41, 5.74) is 5.27. The van der Waals surface area contributed by atoms with Gasteiger partial charge in [0.05, 0.1) is 0 Å². The Labute approximate surface area is 140 Å². The number of nitrogens with one attached hydrogen (secondary N) is 1. The van der Waals surface area contributed by atoms with Gasteiger partial charge in [-0.25, -0.2) is 0 Å². The van der Waals surface area contributed by atoms with Crippen molar-refractivity contribution in [2.75, 3.05) is 11.9 Å². The number of hydrogen-bond donors (Lipinski definition) is 1. The van der Waals surface area contributed by atoms with Gasteiger partial charge in [-0.05, 0) is 56.2 Å². The van der Waals surface area contributed by atoms with E-state index in [2.05, 4.69) is 82.1 Å². The van der Waals surface area contributed by atoms with Crippen LogP contribution in [0.25, 0.3) is 10.9 Å². The predicted molar refractivity (Wildman–Crippen MR) is 98.7 cm³/mol. The molecule has 0 fully saturated rings. The number of hydrogen-bond acceptors (Lipinski definition) is 1. The molecule has 1 heterocycles. The SMILES string of the molecule is Cc1c(C)n(CCCNc2ccccc2)c2ccc(Br)cc12. The summed E-state index contributed by atoms with van der Waals surface area (Å²) in [6, 6.07) is 16.9. The number of aryl methyl sites for hydroxylation is 2. The van der Waals surface area contributed by atoms with E-state index in [-0.39, 0.29) is 0 Å². The van der Waals surface area contributed by atoms with Crippen molar-refractivity contribution >= 4 is 32.5 Å². The summed E-state index contributed by atoms with van der Waals surface area (Å²) < 4.78 is 3.58. The van der Waals surface area contributed by atoms with Gasteiger partial charge >= 0.3 is 0 Å². The lowest BCUT2D eigenvalue weighted by Gasteiger charge is -2.10. The summed E-state index contributed by atoms with van der Waals surface area (Å²) >= 11 is 3.57. The minimum atomic E-state index is 0.985. The zero-order valence-electron chi connectivity index (χ0n) is 13.1. The molecule has 1 N–H and O–H groups in total. The van der Waals surface area contributed by atoms with Gasteiger partial charge in [0.15, 0.2) is 0 Å². The van der Waals surface area contributed by atoms with Gasteiger partial charge in [0.1, 0.15) is 0 Å². The molecule has 0 saturated heterocycles. The van der Waals surface area contributed by atoms with E-state index in [9.17, 15) is 0 Å². The molecule has 3 rings (SSSR count). The van der Waals surface area contributed by atoms with E-state index < -0.39 is 0 Å². The minimum absolute atomic E-state index is 0.985. The molecule has 0 atom stereocenters. The van der Waals surface area contributed by atoms with Crippen molar-refractivity contribution in [3.8, 4) is 0 Å². The minimum Gasteiger partial charge on any atom is -0.385 e. The van der Waals surface area contributed by atoms with Crippen LogP contribution in [0.4, 0.5) is 5.69 Å². The van der Waals surface area contributed by atoms with E-state index in [4.69, 9.17) is 0 Å². The molecule has 0 amide bonds. The van der Waals surface area contributed by atoms with Crippen LogP contribution in [0, 0.1) is 13.8 Å². The van der Waals surface area contributed by atoms with Crippen LogP contribution in [-0.4, -0.2) is 11.1 Å². The molecule has 3 aromatic rings. The molecule has 0 aliphatic carbocycles. The number of rotatable bonds is 5. The largest absolute Gasteiger partial charge is 0.385 e. The van der Waals surface area contributed by atoms with Crippen molar-refractivity contribution in [2.24, 2.45) is 0 Å². The van der Waals surface area contributed by atoms with Crippen LogP contribution in [0.5, 0.6) is 0 Å². The van der Waals surface area contributed by atoms with E-state index in [0.29, 0.717) is 0 Å². The number of halogens is 1. The van der Waals surface area contributed by atoms with E-state index in [1.807, 2.05) is 6.07 Å². The lowest BCUT2D eigenvalue weighted by molar-refractivity contribution is 0.666. The Bertz CT molecular complexity index is 775. The Kier molecular flexibility index (Phi) is 4.53. The molecule has 0 radical (unpaired) electrons. The first-order chi connectivity index (χ1) is 10.7. The van der Waals surface area contributed by atoms with E-state index in [1.165, 1.54) is 27.8 Å². The predicted octanol–water partition coefficient (Wildman–Crippen LogP) is 5.52. The molecule has 0 aliphatic heterocycles. The Hall–Kier alpha value is -1.74. The molecular weight excluding hydrogens is 336 g/mol. The topological polar surface area (TPSA) is 17.0 Å². The summed E-state index contributed by atoms with van der Waals surface area (Å²) in [7, 11) is 0. The van der Waals surface area contributed by atoms with Gasteiger partial charge in [0, 0.05) is 39.8 Å². The summed E-state index contributed by atoms with van der Waals surface area (Å²) in [6.07, 6.45) is 1.11. The van der Waals surface area contributed by atoms with Gasteiger partial charge in [-0.1, -0.05) is 34.1 Å². The first-order valence-corrected chi connectivity index (χ1v) is 8.50. The van der Waals surface area contributed by atoms with Crippen molar-refractivity contribution in [2.45, 2.75) is 26.8 Å². The fourth-order valence-electron chi connectivity index (χ4n) is 2.94. The van der Waals surface area contributed by atoms with Crippen molar-refractivity contribution in [3.05, 3.63) is 64.3 Å². The highest BCUT2D eigenvalue weighted by Crippen LogP contribution is 2.28. The fourth-order valence-corrected chi connectivity index (χ4v) is 3.30. The van der Waals surface area contributed by atoms with Crippen LogP contribution in [-0.2, 0) is 6.54 Å². The average molecular weight is 357 g/mol. The summed E-state index contributed by atoms with van der Waals surface area (Å²) in [5, 5.41) is 4.83. The van der Waals surface area contributed by atoms with Crippen molar-refractivity contribution < 1.29 is 0 Å². The molecule has 3 heteroatoms. The van der Waals surface area contributed by atoms with Crippen LogP contribution in [0.2, 0.25) is 0 Å². The number of anilines is 1. The third-order valence-corrected chi connectivity index (χ3v) is 4.76. The first-order valence-electron chi connectivity index (χ1n) is 7.70. The number of benzene rings is 2. The van der Waals surface area contributed by atoms with Gasteiger partial charge in [0.25, 0.3) is 0 Å². The second kappa shape index (κ2) is 6.57. The normalized spacial score (nSPS) is 11.0. The molecule has 22 heavy (non-hydrogen) atoms. The van der Waals surface area contributed by atoms with Gasteiger partial charge in [-0.15, -0.1) is 0 Å². The maximum absolute atomic E-state index is 3.57. The Balaban J connectivity index is 1.70. The molecule has 0 spiro atoms. The highest BCUT2D eigenvalue weighted by molar-refractivity contribution is 9.10. The van der Waals surface area contributed by atoms with E-state index in [1.54, 1.807) is 0 Å². The lowest BCUT2D eigenvalue weighted by atomic mass is 10.2. The zero-order valence-corrected chi connectivity index (χ0v) is 14.7. The molecule has 2 aromatic carbocycles. The van der Waals surface area contributed by atoms with E-state index >= 15 is 0 Å². The summed E-state index contributed by atoms with van der Waals surface area (Å²) in [6.45, 7) is 6.45. The third kappa shape index (κ3) is 3.05. The second-order valence-electron chi connectivity index (χ2n) is 5.67. The highest BCUT2D eigenvalue weighted by atomic mass is 79.9. The average Bonchev–Trinajstić information content (AvgIpc) is 2.77.